The van der Waals surface area contributed by atoms with Crippen molar-refractivity contribution in [3.05, 3.63) is 48.2 Å². The number of carbonyl (C=O) groups excluding carboxylic acids is 1. The average Bonchev–Trinajstić information content (AvgIpc) is 2.63. The van der Waals surface area contributed by atoms with Gasteiger partial charge in [-0.05, 0) is 43.5 Å². The summed E-state index contributed by atoms with van der Waals surface area (Å²) in [5.41, 5.74) is 2.33. The van der Waals surface area contributed by atoms with Gasteiger partial charge in [0.25, 0.3) is 5.91 Å². The van der Waals surface area contributed by atoms with Crippen molar-refractivity contribution in [1.29, 1.82) is 0 Å². The number of anilines is 2. The van der Waals surface area contributed by atoms with E-state index in [1.54, 1.807) is 18.3 Å². The topological polar surface area (TPSA) is 54.5 Å². The van der Waals surface area contributed by atoms with Crippen LogP contribution in [0.25, 0.3) is 0 Å². The molecule has 5 nitrogen and oxygen atoms in total. The SMILES string of the molecule is COc1ncccc1C(=O)Nc1ccccc1N1CCCCC1. The fraction of sp³-hybridized carbons (Fsp3) is 0.333. The lowest BCUT2D eigenvalue weighted by Crippen LogP contribution is -2.30. The number of para-hydroxylation sites is 2. The van der Waals surface area contributed by atoms with Gasteiger partial charge in [0.1, 0.15) is 5.56 Å². The molecule has 1 fully saturated rings. The van der Waals surface area contributed by atoms with Crippen molar-refractivity contribution in [3.8, 4) is 5.88 Å². The third kappa shape index (κ3) is 3.44. The molecule has 1 N–H and O–H groups in total. The van der Waals surface area contributed by atoms with E-state index in [0.717, 1.165) is 24.5 Å². The van der Waals surface area contributed by atoms with E-state index in [-0.39, 0.29) is 5.91 Å². The van der Waals surface area contributed by atoms with E-state index in [1.165, 1.54) is 26.4 Å². The van der Waals surface area contributed by atoms with Gasteiger partial charge in [-0.2, -0.15) is 0 Å². The summed E-state index contributed by atoms with van der Waals surface area (Å²) in [6.45, 7) is 2.06. The minimum absolute atomic E-state index is 0.209. The van der Waals surface area contributed by atoms with Gasteiger partial charge in [0.05, 0.1) is 18.5 Å². The lowest BCUT2D eigenvalue weighted by Gasteiger charge is -2.30. The summed E-state index contributed by atoms with van der Waals surface area (Å²) in [6.07, 6.45) is 5.27. The lowest BCUT2D eigenvalue weighted by molar-refractivity contribution is 0.102. The van der Waals surface area contributed by atoms with Crippen LogP contribution in [0.3, 0.4) is 0 Å². The molecule has 0 radical (unpaired) electrons. The maximum atomic E-state index is 12.6. The van der Waals surface area contributed by atoms with E-state index in [0.29, 0.717) is 11.4 Å². The van der Waals surface area contributed by atoms with E-state index < -0.39 is 0 Å². The number of nitrogens with one attached hydrogen (secondary N) is 1. The highest BCUT2D eigenvalue weighted by Gasteiger charge is 2.18. The van der Waals surface area contributed by atoms with Gasteiger partial charge in [0, 0.05) is 19.3 Å². The Bertz CT molecular complexity index is 681. The Hall–Kier alpha value is -2.56. The first kappa shape index (κ1) is 15.3. The molecule has 0 unspecified atom stereocenters. The van der Waals surface area contributed by atoms with Crippen LogP contribution in [-0.2, 0) is 0 Å². The molecule has 1 amide bonds. The number of benzene rings is 1. The van der Waals surface area contributed by atoms with Gasteiger partial charge in [0.15, 0.2) is 0 Å². The monoisotopic (exact) mass is 311 g/mol. The van der Waals surface area contributed by atoms with Gasteiger partial charge in [0.2, 0.25) is 5.88 Å². The number of aromatic nitrogens is 1. The zero-order valence-electron chi connectivity index (χ0n) is 13.3. The van der Waals surface area contributed by atoms with E-state index in [2.05, 4.69) is 21.3 Å². The van der Waals surface area contributed by atoms with Crippen molar-refractivity contribution in [2.75, 3.05) is 30.4 Å². The maximum Gasteiger partial charge on any atom is 0.261 e. The molecule has 1 aliphatic rings. The smallest absolute Gasteiger partial charge is 0.261 e. The molecule has 0 spiro atoms. The molecular formula is C18H21N3O2. The number of carbonyl (C=O) groups is 1. The second kappa shape index (κ2) is 7.13. The van der Waals surface area contributed by atoms with Crippen molar-refractivity contribution in [3.63, 3.8) is 0 Å². The zero-order chi connectivity index (χ0) is 16.1. The van der Waals surface area contributed by atoms with Crippen molar-refractivity contribution < 1.29 is 9.53 Å². The van der Waals surface area contributed by atoms with E-state index >= 15 is 0 Å². The summed E-state index contributed by atoms with van der Waals surface area (Å²) in [4.78, 5) is 19.0. The predicted molar refractivity (Wildman–Crippen MR) is 91.2 cm³/mol. The number of methoxy groups -OCH3 is 1. The highest BCUT2D eigenvalue weighted by Crippen LogP contribution is 2.29. The number of rotatable bonds is 4. The molecular weight excluding hydrogens is 290 g/mol. The maximum absolute atomic E-state index is 12.6. The van der Waals surface area contributed by atoms with Gasteiger partial charge in [-0.3, -0.25) is 4.79 Å². The summed E-state index contributed by atoms with van der Waals surface area (Å²) in [7, 11) is 1.51. The normalized spacial score (nSPS) is 14.4. The summed E-state index contributed by atoms with van der Waals surface area (Å²) < 4.78 is 5.17. The molecule has 5 heteroatoms. The number of pyridine rings is 1. The first-order valence-electron chi connectivity index (χ1n) is 7.94. The fourth-order valence-electron chi connectivity index (χ4n) is 2.91. The molecule has 1 aliphatic heterocycles. The first-order valence-corrected chi connectivity index (χ1v) is 7.94. The van der Waals surface area contributed by atoms with Crippen LogP contribution in [-0.4, -0.2) is 31.1 Å². The molecule has 23 heavy (non-hydrogen) atoms. The van der Waals surface area contributed by atoms with Gasteiger partial charge in [-0.25, -0.2) is 4.98 Å². The first-order chi connectivity index (χ1) is 11.3. The number of amides is 1. The standard InChI is InChI=1S/C18H21N3O2/c1-23-18-14(8-7-11-19-18)17(22)20-15-9-3-4-10-16(15)21-12-5-2-6-13-21/h3-4,7-11H,2,5-6,12-13H2,1H3,(H,20,22). The van der Waals surface area contributed by atoms with Crippen molar-refractivity contribution in [2.45, 2.75) is 19.3 Å². The summed E-state index contributed by atoms with van der Waals surface area (Å²) in [5, 5.41) is 3.00. The van der Waals surface area contributed by atoms with Crippen LogP contribution >= 0.6 is 0 Å². The Morgan fingerprint density at radius 3 is 2.70 bits per heavy atom. The predicted octanol–water partition coefficient (Wildman–Crippen LogP) is 3.33. The van der Waals surface area contributed by atoms with Gasteiger partial charge in [-0.15, -0.1) is 0 Å². The van der Waals surface area contributed by atoms with Crippen LogP contribution in [0.5, 0.6) is 5.88 Å². The molecule has 2 heterocycles. The Morgan fingerprint density at radius 2 is 1.91 bits per heavy atom. The van der Waals surface area contributed by atoms with Crippen LogP contribution < -0.4 is 15.0 Å². The van der Waals surface area contributed by atoms with Crippen molar-refractivity contribution in [2.24, 2.45) is 0 Å². The van der Waals surface area contributed by atoms with Gasteiger partial charge >= 0.3 is 0 Å². The molecule has 0 saturated carbocycles. The Morgan fingerprint density at radius 1 is 1.13 bits per heavy atom. The molecule has 2 aromatic rings. The van der Waals surface area contributed by atoms with Crippen molar-refractivity contribution in [1.82, 2.24) is 4.98 Å². The number of hydrogen-bond donors (Lipinski definition) is 1. The number of hydrogen-bond acceptors (Lipinski definition) is 4. The van der Waals surface area contributed by atoms with Crippen LogP contribution in [0.4, 0.5) is 11.4 Å². The highest BCUT2D eigenvalue weighted by molar-refractivity contribution is 6.07. The zero-order valence-corrected chi connectivity index (χ0v) is 13.3. The molecule has 1 aromatic carbocycles. The molecule has 120 valence electrons. The Kier molecular flexibility index (Phi) is 4.76. The number of ether oxygens (including phenoxy) is 1. The Labute approximate surface area is 136 Å². The second-order valence-electron chi connectivity index (χ2n) is 5.58. The van der Waals surface area contributed by atoms with Crippen LogP contribution in [0.1, 0.15) is 29.6 Å². The minimum atomic E-state index is -0.209. The summed E-state index contributed by atoms with van der Waals surface area (Å²) >= 11 is 0. The quantitative estimate of drug-likeness (QED) is 0.941. The molecule has 1 saturated heterocycles. The summed E-state index contributed by atoms with van der Waals surface area (Å²) in [6, 6.07) is 11.4. The minimum Gasteiger partial charge on any atom is -0.480 e. The highest BCUT2D eigenvalue weighted by atomic mass is 16.5. The Balaban J connectivity index is 1.84. The average molecular weight is 311 g/mol. The third-order valence-electron chi connectivity index (χ3n) is 4.06. The molecule has 0 bridgehead atoms. The van der Waals surface area contributed by atoms with Crippen LogP contribution in [0.15, 0.2) is 42.6 Å². The molecule has 0 atom stereocenters. The molecule has 3 rings (SSSR count). The number of nitrogens with zero attached hydrogens (tertiary/aromatic N) is 2. The fourth-order valence-corrected chi connectivity index (χ4v) is 2.91. The third-order valence-corrected chi connectivity index (χ3v) is 4.06. The van der Waals surface area contributed by atoms with Gasteiger partial charge < -0.3 is 15.0 Å². The number of piperidine rings is 1. The van der Waals surface area contributed by atoms with E-state index in [4.69, 9.17) is 4.74 Å². The van der Waals surface area contributed by atoms with E-state index in [1.807, 2.05) is 18.2 Å². The second-order valence-corrected chi connectivity index (χ2v) is 5.58. The lowest BCUT2D eigenvalue weighted by atomic mass is 10.1. The van der Waals surface area contributed by atoms with Crippen molar-refractivity contribution >= 4 is 17.3 Å². The van der Waals surface area contributed by atoms with Crippen LogP contribution in [0.2, 0.25) is 0 Å². The molecule has 1 aromatic heterocycles. The largest absolute Gasteiger partial charge is 0.480 e. The summed E-state index contributed by atoms with van der Waals surface area (Å²) in [5.74, 6) is 0.125. The molecule has 0 aliphatic carbocycles. The van der Waals surface area contributed by atoms with Gasteiger partial charge in [-0.1, -0.05) is 12.1 Å². The van der Waals surface area contributed by atoms with E-state index in [9.17, 15) is 4.79 Å². The van der Waals surface area contributed by atoms with Crippen LogP contribution in [0, 0.1) is 0 Å².